The van der Waals surface area contributed by atoms with Crippen molar-refractivity contribution in [1.82, 2.24) is 0 Å². The van der Waals surface area contributed by atoms with Gasteiger partial charge in [-0.2, -0.15) is 0 Å². The first-order valence-corrected chi connectivity index (χ1v) is 10.7. The van der Waals surface area contributed by atoms with Crippen molar-refractivity contribution in [3.8, 4) is 5.75 Å². The van der Waals surface area contributed by atoms with E-state index in [-0.39, 0.29) is 10.6 Å². The Morgan fingerprint density at radius 3 is 2.62 bits per heavy atom. The molecule has 0 radical (unpaired) electrons. The van der Waals surface area contributed by atoms with Crippen LogP contribution in [0, 0.1) is 13.8 Å². The molecule has 0 spiro atoms. The third kappa shape index (κ3) is 4.99. The highest BCUT2D eigenvalue weighted by molar-refractivity contribution is 7.92. The van der Waals surface area contributed by atoms with E-state index in [1.54, 1.807) is 38.1 Å². The van der Waals surface area contributed by atoms with Crippen LogP contribution in [0.2, 0.25) is 0 Å². The number of carboxylic acids is 1. The zero-order valence-corrected chi connectivity index (χ0v) is 17.2. The SMILES string of the molecule is Cc1ccc(S(=O)(=O)Nc2cccc(N3CCOCC3)c2)c(C)c1OCC(=O)O. The third-order valence-electron chi connectivity index (χ3n) is 4.66. The Morgan fingerprint density at radius 2 is 1.93 bits per heavy atom. The van der Waals surface area contributed by atoms with E-state index in [1.807, 2.05) is 6.07 Å². The Kier molecular flexibility index (Phi) is 6.29. The van der Waals surface area contributed by atoms with Crippen molar-refractivity contribution in [2.75, 3.05) is 42.5 Å². The number of hydrogen-bond acceptors (Lipinski definition) is 6. The van der Waals surface area contributed by atoms with Gasteiger partial charge in [0.25, 0.3) is 10.0 Å². The Hall–Kier alpha value is -2.78. The van der Waals surface area contributed by atoms with Crippen molar-refractivity contribution in [3.05, 3.63) is 47.5 Å². The second-order valence-corrected chi connectivity index (χ2v) is 8.42. The molecule has 0 amide bonds. The molecular formula is C20H24N2O6S. The van der Waals surface area contributed by atoms with Gasteiger partial charge in [0.05, 0.1) is 23.8 Å². The van der Waals surface area contributed by atoms with Gasteiger partial charge in [0, 0.05) is 24.3 Å². The molecule has 8 nitrogen and oxygen atoms in total. The van der Waals surface area contributed by atoms with E-state index < -0.39 is 22.6 Å². The maximum absolute atomic E-state index is 13.0. The fraction of sp³-hybridized carbons (Fsp3) is 0.350. The van der Waals surface area contributed by atoms with Gasteiger partial charge in [0.1, 0.15) is 5.75 Å². The first-order valence-electron chi connectivity index (χ1n) is 9.18. The molecule has 3 rings (SSSR count). The lowest BCUT2D eigenvalue weighted by Crippen LogP contribution is -2.36. The fourth-order valence-corrected chi connectivity index (χ4v) is 4.54. The topological polar surface area (TPSA) is 105 Å². The number of carboxylic acid groups (broad SMARTS) is 1. The van der Waals surface area contributed by atoms with Gasteiger partial charge in [0.15, 0.2) is 6.61 Å². The van der Waals surface area contributed by atoms with Crippen LogP contribution in [0.4, 0.5) is 11.4 Å². The standard InChI is InChI=1S/C20H24N2O6S/c1-14-6-7-18(15(2)20(14)28-13-19(23)24)29(25,26)21-16-4-3-5-17(12-16)22-8-10-27-11-9-22/h3-7,12,21H,8-11,13H2,1-2H3,(H,23,24). The molecule has 9 heteroatoms. The number of nitrogens with zero attached hydrogens (tertiary/aromatic N) is 1. The van der Waals surface area contributed by atoms with Crippen LogP contribution in [0.25, 0.3) is 0 Å². The van der Waals surface area contributed by atoms with Crippen LogP contribution in [-0.2, 0) is 19.6 Å². The molecule has 2 aromatic carbocycles. The summed E-state index contributed by atoms with van der Waals surface area (Å²) in [6.45, 7) is 5.56. The number of rotatable bonds is 7. The second-order valence-electron chi connectivity index (χ2n) is 6.77. The van der Waals surface area contributed by atoms with Crippen LogP contribution >= 0.6 is 0 Å². The first kappa shape index (κ1) is 20.9. The lowest BCUT2D eigenvalue weighted by molar-refractivity contribution is -0.139. The average molecular weight is 420 g/mol. The maximum atomic E-state index is 13.0. The molecule has 1 fully saturated rings. The van der Waals surface area contributed by atoms with Crippen LogP contribution in [0.1, 0.15) is 11.1 Å². The number of hydrogen-bond donors (Lipinski definition) is 2. The van der Waals surface area contributed by atoms with Crippen LogP contribution < -0.4 is 14.4 Å². The van der Waals surface area contributed by atoms with E-state index in [0.717, 1.165) is 18.8 Å². The van der Waals surface area contributed by atoms with Gasteiger partial charge in [-0.1, -0.05) is 12.1 Å². The van der Waals surface area contributed by atoms with Gasteiger partial charge in [-0.05, 0) is 43.7 Å². The fourth-order valence-electron chi connectivity index (χ4n) is 3.25. The molecule has 29 heavy (non-hydrogen) atoms. The van der Waals surface area contributed by atoms with E-state index in [0.29, 0.717) is 30.0 Å². The van der Waals surface area contributed by atoms with Crippen molar-refractivity contribution in [2.24, 2.45) is 0 Å². The molecule has 1 saturated heterocycles. The summed E-state index contributed by atoms with van der Waals surface area (Å²) < 4.78 is 39.3. The number of carbonyl (C=O) groups is 1. The highest BCUT2D eigenvalue weighted by atomic mass is 32.2. The van der Waals surface area contributed by atoms with Crippen molar-refractivity contribution in [1.29, 1.82) is 0 Å². The molecular weight excluding hydrogens is 396 g/mol. The van der Waals surface area contributed by atoms with Gasteiger partial charge in [-0.25, -0.2) is 13.2 Å². The van der Waals surface area contributed by atoms with Gasteiger partial charge >= 0.3 is 5.97 Å². The molecule has 0 atom stereocenters. The van der Waals surface area contributed by atoms with E-state index in [4.69, 9.17) is 14.6 Å². The second kappa shape index (κ2) is 8.71. The van der Waals surface area contributed by atoms with Crippen molar-refractivity contribution in [3.63, 3.8) is 0 Å². The Morgan fingerprint density at radius 1 is 1.21 bits per heavy atom. The molecule has 2 aromatic rings. The quantitative estimate of drug-likeness (QED) is 0.709. The first-order chi connectivity index (χ1) is 13.8. The molecule has 0 unspecified atom stereocenters. The summed E-state index contributed by atoms with van der Waals surface area (Å²) in [4.78, 5) is 13.0. The van der Waals surface area contributed by atoms with Gasteiger partial charge in [0.2, 0.25) is 0 Å². The number of anilines is 2. The van der Waals surface area contributed by atoms with E-state index in [1.165, 1.54) is 6.07 Å². The van der Waals surface area contributed by atoms with Crippen molar-refractivity contribution in [2.45, 2.75) is 18.7 Å². The lowest BCUT2D eigenvalue weighted by Gasteiger charge is -2.29. The summed E-state index contributed by atoms with van der Waals surface area (Å²) in [5, 5.41) is 8.85. The zero-order valence-electron chi connectivity index (χ0n) is 16.3. The van der Waals surface area contributed by atoms with Crippen LogP contribution in [-0.4, -0.2) is 52.4 Å². The number of nitrogens with one attached hydrogen (secondary N) is 1. The molecule has 0 bridgehead atoms. The molecule has 2 N–H and O–H groups in total. The average Bonchev–Trinajstić information content (AvgIpc) is 2.68. The summed E-state index contributed by atoms with van der Waals surface area (Å²) in [6, 6.07) is 10.3. The summed E-state index contributed by atoms with van der Waals surface area (Å²) in [7, 11) is -3.89. The molecule has 0 aliphatic carbocycles. The molecule has 0 aromatic heterocycles. The summed E-state index contributed by atoms with van der Waals surface area (Å²) in [5.41, 5.74) is 2.39. The monoisotopic (exact) mass is 420 g/mol. The molecule has 0 saturated carbocycles. The van der Waals surface area contributed by atoms with E-state index in [2.05, 4.69) is 9.62 Å². The maximum Gasteiger partial charge on any atom is 0.341 e. The highest BCUT2D eigenvalue weighted by Crippen LogP contribution is 2.31. The molecule has 1 heterocycles. The van der Waals surface area contributed by atoms with Crippen LogP contribution in [0.5, 0.6) is 5.75 Å². The number of aryl methyl sites for hydroxylation is 1. The lowest BCUT2D eigenvalue weighted by atomic mass is 10.1. The van der Waals surface area contributed by atoms with E-state index in [9.17, 15) is 13.2 Å². The van der Waals surface area contributed by atoms with Gasteiger partial charge in [-0.3, -0.25) is 4.72 Å². The number of benzene rings is 2. The minimum Gasteiger partial charge on any atom is -0.481 e. The molecule has 1 aliphatic heterocycles. The smallest absolute Gasteiger partial charge is 0.341 e. The summed E-state index contributed by atoms with van der Waals surface area (Å²) >= 11 is 0. The number of morpholine rings is 1. The van der Waals surface area contributed by atoms with Crippen molar-refractivity contribution < 1.29 is 27.8 Å². The largest absolute Gasteiger partial charge is 0.481 e. The molecule has 1 aliphatic rings. The number of aliphatic carboxylic acids is 1. The van der Waals surface area contributed by atoms with Gasteiger partial charge < -0.3 is 19.5 Å². The van der Waals surface area contributed by atoms with Gasteiger partial charge in [-0.15, -0.1) is 0 Å². The minimum absolute atomic E-state index is 0.0419. The van der Waals surface area contributed by atoms with Crippen LogP contribution in [0.3, 0.4) is 0 Å². The summed E-state index contributed by atoms with van der Waals surface area (Å²) in [6.07, 6.45) is 0. The predicted octanol–water partition coefficient (Wildman–Crippen LogP) is 2.40. The highest BCUT2D eigenvalue weighted by Gasteiger charge is 2.22. The summed E-state index contributed by atoms with van der Waals surface area (Å²) in [5.74, 6) is -0.868. The predicted molar refractivity (Wildman–Crippen MR) is 109 cm³/mol. The number of ether oxygens (including phenoxy) is 2. The minimum atomic E-state index is -3.89. The van der Waals surface area contributed by atoms with Crippen LogP contribution in [0.15, 0.2) is 41.3 Å². The Bertz CT molecular complexity index is 1000. The Balaban J connectivity index is 1.86. The third-order valence-corrected chi connectivity index (χ3v) is 6.18. The molecule has 156 valence electrons. The van der Waals surface area contributed by atoms with E-state index >= 15 is 0 Å². The number of sulfonamides is 1. The Labute approximate surface area is 170 Å². The normalized spacial score (nSPS) is 14.5. The zero-order chi connectivity index (χ0) is 21.0. The van der Waals surface area contributed by atoms with Crippen molar-refractivity contribution >= 4 is 27.4 Å².